The molecule has 0 fully saturated rings. The van der Waals surface area contributed by atoms with Gasteiger partial charge in [-0.25, -0.2) is 4.39 Å². The molecule has 1 heterocycles. The van der Waals surface area contributed by atoms with Crippen molar-refractivity contribution in [3.8, 4) is 0 Å². The molecule has 2 aromatic carbocycles. The van der Waals surface area contributed by atoms with Gasteiger partial charge in [-0.15, -0.1) is 0 Å². The highest BCUT2D eigenvalue weighted by Gasteiger charge is 2.15. The summed E-state index contributed by atoms with van der Waals surface area (Å²) in [6, 6.07) is 15.9. The van der Waals surface area contributed by atoms with E-state index in [1.54, 1.807) is 36.7 Å². The maximum absolute atomic E-state index is 13.1. The van der Waals surface area contributed by atoms with Crippen LogP contribution in [0.1, 0.15) is 21.5 Å². The Morgan fingerprint density at radius 1 is 1.00 bits per heavy atom. The number of rotatable bonds is 5. The zero-order chi connectivity index (χ0) is 19.9. The van der Waals surface area contributed by atoms with E-state index in [9.17, 15) is 14.0 Å². The number of halogens is 1. The van der Waals surface area contributed by atoms with E-state index < -0.39 is 17.6 Å². The van der Waals surface area contributed by atoms with Crippen LogP contribution in [0.15, 0.2) is 78.8 Å². The number of hydrogen-bond donors (Lipinski definition) is 2. The Kier molecular flexibility index (Phi) is 5.91. The Morgan fingerprint density at radius 3 is 2.36 bits per heavy atom. The van der Waals surface area contributed by atoms with Gasteiger partial charge in [-0.1, -0.05) is 23.8 Å². The van der Waals surface area contributed by atoms with E-state index in [0.29, 0.717) is 16.8 Å². The highest BCUT2D eigenvalue weighted by Crippen LogP contribution is 2.12. The number of aromatic nitrogens is 1. The highest BCUT2D eigenvalue weighted by molar-refractivity contribution is 6.10. The van der Waals surface area contributed by atoms with Crippen molar-refractivity contribution in [2.75, 3.05) is 5.32 Å². The van der Waals surface area contributed by atoms with Gasteiger partial charge in [-0.2, -0.15) is 0 Å². The molecule has 0 aliphatic heterocycles. The second-order valence-corrected chi connectivity index (χ2v) is 6.13. The number of benzene rings is 2. The highest BCUT2D eigenvalue weighted by atomic mass is 19.1. The van der Waals surface area contributed by atoms with Crippen LogP contribution >= 0.6 is 0 Å². The molecule has 0 radical (unpaired) electrons. The van der Waals surface area contributed by atoms with Crippen LogP contribution in [0.3, 0.4) is 0 Å². The van der Waals surface area contributed by atoms with E-state index in [4.69, 9.17) is 0 Å². The average molecular weight is 375 g/mol. The Bertz CT molecular complexity index is 998. The number of aryl methyl sites for hydroxylation is 1. The van der Waals surface area contributed by atoms with Gasteiger partial charge >= 0.3 is 0 Å². The van der Waals surface area contributed by atoms with Crippen LogP contribution in [0.25, 0.3) is 6.08 Å². The SMILES string of the molecule is Cc1ccc(C(=O)N/C(=C\c2cccnc2)C(=O)Nc2ccc(F)cc2)cc1. The predicted molar refractivity (Wildman–Crippen MR) is 106 cm³/mol. The van der Waals surface area contributed by atoms with Gasteiger partial charge in [0, 0.05) is 23.6 Å². The van der Waals surface area contributed by atoms with Crippen LogP contribution in [-0.2, 0) is 4.79 Å². The van der Waals surface area contributed by atoms with Crippen molar-refractivity contribution in [1.82, 2.24) is 10.3 Å². The minimum Gasteiger partial charge on any atom is -0.321 e. The summed E-state index contributed by atoms with van der Waals surface area (Å²) in [5.74, 6) is -1.35. The van der Waals surface area contributed by atoms with Gasteiger partial charge in [0.1, 0.15) is 11.5 Å². The molecule has 0 aliphatic carbocycles. The fourth-order valence-electron chi connectivity index (χ4n) is 2.42. The molecule has 0 atom stereocenters. The number of carbonyl (C=O) groups excluding carboxylic acids is 2. The zero-order valence-corrected chi connectivity index (χ0v) is 15.1. The normalized spacial score (nSPS) is 11.0. The van der Waals surface area contributed by atoms with Crippen molar-refractivity contribution in [3.63, 3.8) is 0 Å². The summed E-state index contributed by atoms with van der Waals surface area (Å²) >= 11 is 0. The van der Waals surface area contributed by atoms with Crippen LogP contribution in [0, 0.1) is 12.7 Å². The first kappa shape index (κ1) is 19.0. The van der Waals surface area contributed by atoms with Crippen molar-refractivity contribution in [3.05, 3.63) is 101 Å². The molecule has 0 unspecified atom stereocenters. The van der Waals surface area contributed by atoms with Gasteiger partial charge in [-0.3, -0.25) is 14.6 Å². The van der Waals surface area contributed by atoms with Crippen molar-refractivity contribution < 1.29 is 14.0 Å². The monoisotopic (exact) mass is 375 g/mol. The van der Waals surface area contributed by atoms with E-state index in [1.165, 1.54) is 30.3 Å². The fourth-order valence-corrected chi connectivity index (χ4v) is 2.42. The second kappa shape index (κ2) is 8.73. The van der Waals surface area contributed by atoms with Crippen LogP contribution in [0.2, 0.25) is 0 Å². The van der Waals surface area contributed by atoms with Crippen molar-refractivity contribution >= 4 is 23.6 Å². The third kappa shape index (κ3) is 5.11. The standard InChI is InChI=1S/C22H18FN3O2/c1-15-4-6-17(7-5-15)21(27)26-20(13-16-3-2-12-24-14-16)22(28)25-19-10-8-18(23)9-11-19/h2-14H,1H3,(H,25,28)(H,26,27)/b20-13-. The zero-order valence-electron chi connectivity index (χ0n) is 15.1. The van der Waals surface area contributed by atoms with Crippen molar-refractivity contribution in [2.24, 2.45) is 0 Å². The number of carbonyl (C=O) groups is 2. The van der Waals surface area contributed by atoms with E-state index in [-0.39, 0.29) is 5.70 Å². The lowest BCUT2D eigenvalue weighted by Crippen LogP contribution is -2.30. The summed E-state index contributed by atoms with van der Waals surface area (Å²) in [7, 11) is 0. The smallest absolute Gasteiger partial charge is 0.272 e. The topological polar surface area (TPSA) is 71.1 Å². The Balaban J connectivity index is 1.85. The van der Waals surface area contributed by atoms with Gasteiger partial charge in [0.25, 0.3) is 11.8 Å². The van der Waals surface area contributed by atoms with Gasteiger partial charge in [-0.05, 0) is 61.0 Å². The van der Waals surface area contributed by atoms with Gasteiger partial charge in [0.05, 0.1) is 0 Å². The molecule has 0 spiro atoms. The number of anilines is 1. The first-order valence-corrected chi connectivity index (χ1v) is 8.58. The maximum Gasteiger partial charge on any atom is 0.272 e. The molecule has 3 rings (SSSR count). The molecule has 0 aliphatic rings. The molecule has 140 valence electrons. The summed E-state index contributed by atoms with van der Waals surface area (Å²) in [6.45, 7) is 1.92. The minimum atomic E-state index is -0.532. The number of nitrogens with one attached hydrogen (secondary N) is 2. The molecule has 5 nitrogen and oxygen atoms in total. The summed E-state index contributed by atoms with van der Waals surface area (Å²) in [4.78, 5) is 29.3. The Labute approximate surface area is 161 Å². The van der Waals surface area contributed by atoms with Gasteiger partial charge < -0.3 is 10.6 Å². The quantitative estimate of drug-likeness (QED) is 0.664. The lowest BCUT2D eigenvalue weighted by Gasteiger charge is -2.11. The van der Waals surface area contributed by atoms with Crippen molar-refractivity contribution in [1.29, 1.82) is 0 Å². The first-order valence-electron chi connectivity index (χ1n) is 8.58. The van der Waals surface area contributed by atoms with E-state index in [2.05, 4.69) is 15.6 Å². The molecular weight excluding hydrogens is 357 g/mol. The molecule has 2 N–H and O–H groups in total. The van der Waals surface area contributed by atoms with E-state index in [0.717, 1.165) is 5.56 Å². The third-order valence-electron chi connectivity index (χ3n) is 3.90. The Morgan fingerprint density at radius 2 is 1.71 bits per heavy atom. The first-order chi connectivity index (χ1) is 13.5. The molecule has 6 heteroatoms. The maximum atomic E-state index is 13.1. The number of amides is 2. The molecule has 0 saturated carbocycles. The molecular formula is C22H18FN3O2. The number of pyridine rings is 1. The summed E-state index contributed by atoms with van der Waals surface area (Å²) in [5, 5.41) is 5.29. The molecule has 28 heavy (non-hydrogen) atoms. The summed E-state index contributed by atoms with van der Waals surface area (Å²) in [5.41, 5.74) is 2.56. The van der Waals surface area contributed by atoms with Crippen LogP contribution < -0.4 is 10.6 Å². The summed E-state index contributed by atoms with van der Waals surface area (Å²) in [6.07, 6.45) is 4.71. The summed E-state index contributed by atoms with van der Waals surface area (Å²) < 4.78 is 13.1. The number of nitrogens with zero attached hydrogens (tertiary/aromatic N) is 1. The largest absolute Gasteiger partial charge is 0.321 e. The predicted octanol–water partition coefficient (Wildman–Crippen LogP) is 3.94. The fraction of sp³-hybridized carbons (Fsp3) is 0.0455. The second-order valence-electron chi connectivity index (χ2n) is 6.13. The van der Waals surface area contributed by atoms with E-state index in [1.807, 2.05) is 19.1 Å². The molecule has 1 aromatic heterocycles. The molecule has 3 aromatic rings. The molecule has 0 saturated heterocycles. The molecule has 2 amide bonds. The minimum absolute atomic E-state index is 0.0444. The average Bonchev–Trinajstić information content (AvgIpc) is 2.70. The number of hydrogen-bond acceptors (Lipinski definition) is 3. The van der Waals surface area contributed by atoms with Crippen LogP contribution in [0.5, 0.6) is 0 Å². The molecule has 0 bridgehead atoms. The van der Waals surface area contributed by atoms with Crippen molar-refractivity contribution in [2.45, 2.75) is 6.92 Å². The van der Waals surface area contributed by atoms with Crippen LogP contribution in [-0.4, -0.2) is 16.8 Å². The Hall–Kier alpha value is -3.80. The van der Waals surface area contributed by atoms with Gasteiger partial charge in [0.15, 0.2) is 0 Å². The third-order valence-corrected chi connectivity index (χ3v) is 3.90. The van der Waals surface area contributed by atoms with E-state index >= 15 is 0 Å². The lowest BCUT2D eigenvalue weighted by molar-refractivity contribution is -0.113. The van der Waals surface area contributed by atoms with Crippen LogP contribution in [0.4, 0.5) is 10.1 Å². The lowest BCUT2D eigenvalue weighted by atomic mass is 10.1. The van der Waals surface area contributed by atoms with Gasteiger partial charge in [0.2, 0.25) is 0 Å².